The molecule has 2 amide bonds. The number of carbonyl (C=O) groups is 3. The lowest BCUT2D eigenvalue weighted by molar-refractivity contribution is -0.143. The lowest BCUT2D eigenvalue weighted by Gasteiger charge is -2.06. The molecule has 0 spiro atoms. The summed E-state index contributed by atoms with van der Waals surface area (Å²) in [6, 6.07) is 5.37. The Morgan fingerprint density at radius 2 is 2.12 bits per heavy atom. The van der Waals surface area contributed by atoms with Crippen molar-refractivity contribution in [2.45, 2.75) is 33.2 Å². The third-order valence-electron chi connectivity index (χ3n) is 3.73. The summed E-state index contributed by atoms with van der Waals surface area (Å²) in [5.74, 6) is -0.681. The lowest BCUT2D eigenvalue weighted by atomic mass is 10.3. The third-order valence-corrected chi connectivity index (χ3v) is 4.77. The van der Waals surface area contributed by atoms with Gasteiger partial charge in [0.25, 0.3) is 5.91 Å². The highest BCUT2D eigenvalue weighted by atomic mass is 32.1. The molecule has 132 valence electrons. The van der Waals surface area contributed by atoms with Crippen LogP contribution in [0, 0.1) is 5.92 Å². The van der Waals surface area contributed by atoms with Crippen molar-refractivity contribution in [3.05, 3.63) is 23.0 Å². The number of amides is 2. The monoisotopic (exact) mass is 361 g/mol. The number of rotatable bonds is 5. The zero-order valence-electron chi connectivity index (χ0n) is 14.1. The number of benzene rings is 1. The summed E-state index contributed by atoms with van der Waals surface area (Å²) >= 11 is 1.32. The molecule has 7 nitrogen and oxygen atoms in total. The van der Waals surface area contributed by atoms with Crippen molar-refractivity contribution >= 4 is 45.0 Å². The van der Waals surface area contributed by atoms with E-state index in [1.807, 2.05) is 6.07 Å². The van der Waals surface area contributed by atoms with Crippen LogP contribution in [0.3, 0.4) is 0 Å². The summed E-state index contributed by atoms with van der Waals surface area (Å²) in [5, 5.41) is 2.73. The predicted molar refractivity (Wildman–Crippen MR) is 94.0 cm³/mol. The van der Waals surface area contributed by atoms with Crippen molar-refractivity contribution in [1.29, 1.82) is 0 Å². The molecule has 0 unspecified atom stereocenters. The van der Waals surface area contributed by atoms with Crippen molar-refractivity contribution in [1.82, 2.24) is 4.57 Å². The van der Waals surface area contributed by atoms with Crippen LogP contribution in [0.15, 0.2) is 23.2 Å². The highest BCUT2D eigenvalue weighted by Gasteiger charge is 2.29. The number of carbonyl (C=O) groups excluding carboxylic acids is 3. The molecule has 25 heavy (non-hydrogen) atoms. The van der Waals surface area contributed by atoms with Gasteiger partial charge in [-0.25, -0.2) is 0 Å². The number of ether oxygens (including phenoxy) is 1. The molecular formula is C17H19N3O4S. The number of hydrogen-bond donors (Lipinski definition) is 1. The van der Waals surface area contributed by atoms with E-state index in [-0.39, 0.29) is 30.2 Å². The fourth-order valence-electron chi connectivity index (χ4n) is 2.44. The summed E-state index contributed by atoms with van der Waals surface area (Å²) in [7, 11) is 0. The summed E-state index contributed by atoms with van der Waals surface area (Å²) in [6.07, 6.45) is 1.75. The van der Waals surface area contributed by atoms with E-state index in [0.717, 1.165) is 23.1 Å². The normalized spacial score (nSPS) is 14.6. The fraction of sp³-hybridized carbons (Fsp3) is 0.412. The van der Waals surface area contributed by atoms with E-state index in [2.05, 4.69) is 10.3 Å². The predicted octanol–water partition coefficient (Wildman–Crippen LogP) is 2.06. The van der Waals surface area contributed by atoms with Crippen LogP contribution in [0.2, 0.25) is 0 Å². The van der Waals surface area contributed by atoms with Crippen LogP contribution in [0.1, 0.15) is 26.7 Å². The molecule has 0 atom stereocenters. The largest absolute Gasteiger partial charge is 0.465 e. The second kappa shape index (κ2) is 7.18. The molecule has 2 aromatic rings. The lowest BCUT2D eigenvalue weighted by Crippen LogP contribution is -2.23. The number of thiazole rings is 1. The van der Waals surface area contributed by atoms with Gasteiger partial charge in [-0.05, 0) is 38.0 Å². The van der Waals surface area contributed by atoms with Crippen LogP contribution in [-0.2, 0) is 25.7 Å². The number of fused-ring (bicyclic) bond motifs is 1. The smallest absolute Gasteiger partial charge is 0.326 e. The van der Waals surface area contributed by atoms with Crippen LogP contribution in [0.5, 0.6) is 0 Å². The fourth-order valence-corrected chi connectivity index (χ4v) is 3.52. The van der Waals surface area contributed by atoms with Gasteiger partial charge in [0.15, 0.2) is 4.80 Å². The number of aromatic nitrogens is 1. The summed E-state index contributed by atoms with van der Waals surface area (Å²) < 4.78 is 7.54. The highest BCUT2D eigenvalue weighted by molar-refractivity contribution is 7.16. The molecule has 1 fully saturated rings. The van der Waals surface area contributed by atoms with Gasteiger partial charge in [0.2, 0.25) is 5.91 Å². The molecule has 8 heteroatoms. The van der Waals surface area contributed by atoms with E-state index in [1.54, 1.807) is 23.6 Å². The molecule has 1 aromatic carbocycles. The molecule has 0 saturated heterocycles. The topological polar surface area (TPSA) is 89.8 Å². The SMILES string of the molecule is CCOC(=O)Cn1c(=NC(=O)C2CC2)sc2cc(NC(C)=O)ccc21. The number of anilines is 1. The van der Waals surface area contributed by atoms with Crippen molar-refractivity contribution in [2.24, 2.45) is 10.9 Å². The Morgan fingerprint density at radius 3 is 2.76 bits per heavy atom. The maximum absolute atomic E-state index is 12.1. The minimum atomic E-state index is -0.381. The molecular weight excluding hydrogens is 342 g/mol. The van der Waals surface area contributed by atoms with Gasteiger partial charge in [0.1, 0.15) is 6.54 Å². The first kappa shape index (κ1) is 17.3. The Kier molecular flexibility index (Phi) is 4.98. The standard InChI is InChI=1S/C17H19N3O4S/c1-3-24-15(22)9-20-13-7-6-12(18-10(2)21)8-14(13)25-17(20)19-16(23)11-4-5-11/h6-8,11H,3-5,9H2,1-2H3,(H,18,21). The first-order valence-corrected chi connectivity index (χ1v) is 8.94. The summed E-state index contributed by atoms with van der Waals surface area (Å²) in [4.78, 5) is 39.9. The van der Waals surface area contributed by atoms with Gasteiger partial charge >= 0.3 is 5.97 Å². The van der Waals surface area contributed by atoms with Crippen LogP contribution < -0.4 is 10.1 Å². The second-order valence-electron chi connectivity index (χ2n) is 5.86. The Hall–Kier alpha value is -2.48. The quantitative estimate of drug-likeness (QED) is 0.826. The minimum absolute atomic E-state index is 0.00982. The average Bonchev–Trinajstić information content (AvgIpc) is 3.33. The number of hydrogen-bond acceptors (Lipinski definition) is 5. The third kappa shape index (κ3) is 4.14. The molecule has 0 radical (unpaired) electrons. The highest BCUT2D eigenvalue weighted by Crippen LogP contribution is 2.30. The number of nitrogens with zero attached hydrogens (tertiary/aromatic N) is 2. The van der Waals surface area contributed by atoms with Gasteiger partial charge < -0.3 is 14.6 Å². The molecule has 1 N–H and O–H groups in total. The van der Waals surface area contributed by atoms with Gasteiger partial charge in [-0.15, -0.1) is 0 Å². The van der Waals surface area contributed by atoms with Crippen LogP contribution in [0.4, 0.5) is 5.69 Å². The van der Waals surface area contributed by atoms with Gasteiger partial charge in [0, 0.05) is 18.5 Å². The van der Waals surface area contributed by atoms with Crippen molar-refractivity contribution < 1.29 is 19.1 Å². The first-order valence-electron chi connectivity index (χ1n) is 8.13. The number of nitrogens with one attached hydrogen (secondary N) is 1. The Balaban J connectivity index is 2.05. The van der Waals surface area contributed by atoms with E-state index in [4.69, 9.17) is 4.74 Å². The molecule has 1 heterocycles. The van der Waals surface area contributed by atoms with Crippen LogP contribution in [0.25, 0.3) is 10.2 Å². The maximum atomic E-state index is 12.1. The molecule has 3 rings (SSSR count). The van der Waals surface area contributed by atoms with Gasteiger partial charge in [-0.2, -0.15) is 4.99 Å². The molecule has 0 aliphatic heterocycles. The maximum Gasteiger partial charge on any atom is 0.326 e. The van der Waals surface area contributed by atoms with Gasteiger partial charge in [0.05, 0.1) is 16.8 Å². The zero-order valence-corrected chi connectivity index (χ0v) is 14.9. The first-order chi connectivity index (χ1) is 12.0. The van der Waals surface area contributed by atoms with Crippen molar-refractivity contribution in [2.75, 3.05) is 11.9 Å². The van der Waals surface area contributed by atoms with E-state index >= 15 is 0 Å². The Morgan fingerprint density at radius 1 is 1.36 bits per heavy atom. The summed E-state index contributed by atoms with van der Waals surface area (Å²) in [5.41, 5.74) is 1.43. The van der Waals surface area contributed by atoms with Crippen LogP contribution >= 0.6 is 11.3 Å². The Bertz CT molecular complexity index is 908. The molecule has 1 aliphatic carbocycles. The van der Waals surface area contributed by atoms with E-state index in [9.17, 15) is 14.4 Å². The average molecular weight is 361 g/mol. The number of esters is 1. The molecule has 1 aromatic heterocycles. The van der Waals surface area contributed by atoms with Crippen molar-refractivity contribution in [3.63, 3.8) is 0 Å². The molecule has 1 saturated carbocycles. The van der Waals surface area contributed by atoms with Crippen molar-refractivity contribution in [3.8, 4) is 0 Å². The summed E-state index contributed by atoms with van der Waals surface area (Å²) in [6.45, 7) is 3.47. The molecule has 1 aliphatic rings. The zero-order chi connectivity index (χ0) is 18.0. The molecule has 0 bridgehead atoms. The van der Waals surface area contributed by atoms with E-state index in [1.165, 1.54) is 18.3 Å². The van der Waals surface area contributed by atoms with Gasteiger partial charge in [-0.1, -0.05) is 11.3 Å². The van der Waals surface area contributed by atoms with Gasteiger partial charge in [-0.3, -0.25) is 14.4 Å². The second-order valence-corrected chi connectivity index (χ2v) is 6.87. The van der Waals surface area contributed by atoms with E-state index < -0.39 is 0 Å². The minimum Gasteiger partial charge on any atom is -0.465 e. The van der Waals surface area contributed by atoms with E-state index in [0.29, 0.717) is 17.1 Å². The Labute approximate surface area is 148 Å². The van der Waals surface area contributed by atoms with Crippen LogP contribution in [-0.4, -0.2) is 29.0 Å².